The van der Waals surface area contributed by atoms with Gasteiger partial charge < -0.3 is 0 Å². The fraction of sp³-hybridized carbons (Fsp3) is 0.714. The van der Waals surface area contributed by atoms with Crippen molar-refractivity contribution in [1.29, 1.82) is 0 Å². The maximum absolute atomic E-state index is 12.0. The fourth-order valence-electron chi connectivity index (χ4n) is 0.506. The molecule has 0 fully saturated rings. The standard InChI is InChI=1S/C5H2F10.C2H2Cl2/c6-1(2(7)4(10,11)12)3(8,9)5(13,14)15;3-1-2-4/h1-2H;1-2H/b;2-1+. The first-order chi connectivity index (χ1) is 8.23. The van der Waals surface area contributed by atoms with Crippen molar-refractivity contribution in [2.24, 2.45) is 0 Å². The molecule has 0 nitrogen and oxygen atoms in total. The lowest BCUT2D eigenvalue weighted by atomic mass is 10.1. The van der Waals surface area contributed by atoms with E-state index in [0.717, 1.165) is 0 Å². The first-order valence-electron chi connectivity index (χ1n) is 3.88. The molecule has 0 aromatic rings. The Morgan fingerprint density at radius 2 is 1.00 bits per heavy atom. The Labute approximate surface area is 110 Å². The van der Waals surface area contributed by atoms with E-state index in [1.54, 1.807) is 0 Å². The number of hydrogen-bond acceptors (Lipinski definition) is 0. The lowest BCUT2D eigenvalue weighted by Crippen LogP contribution is -2.52. The first kappa shape index (κ1) is 20.9. The van der Waals surface area contributed by atoms with Crippen LogP contribution < -0.4 is 0 Å². The van der Waals surface area contributed by atoms with E-state index in [1.807, 2.05) is 0 Å². The second kappa shape index (κ2) is 7.41. The Bertz CT molecular complexity index is 277. The van der Waals surface area contributed by atoms with Gasteiger partial charge in [0, 0.05) is 11.1 Å². The Balaban J connectivity index is 0. The van der Waals surface area contributed by atoms with Crippen LogP contribution in [0, 0.1) is 0 Å². The summed E-state index contributed by atoms with van der Waals surface area (Å²) in [6, 6.07) is 0. The second-order valence-electron chi connectivity index (χ2n) is 2.72. The quantitative estimate of drug-likeness (QED) is 0.589. The number of halogens is 12. The highest BCUT2D eigenvalue weighted by atomic mass is 35.5. The van der Waals surface area contributed by atoms with Crippen LogP contribution in [0.3, 0.4) is 0 Å². The summed E-state index contributed by atoms with van der Waals surface area (Å²) in [5, 5.41) is 0. The molecular formula is C7H4Cl2F10. The molecule has 0 bridgehead atoms. The van der Waals surface area contributed by atoms with Gasteiger partial charge in [-0.3, -0.25) is 0 Å². The molecule has 12 heteroatoms. The maximum Gasteiger partial charge on any atom is 0.456 e. The topological polar surface area (TPSA) is 0 Å². The molecule has 2 unspecified atom stereocenters. The van der Waals surface area contributed by atoms with Gasteiger partial charge in [-0.05, 0) is 0 Å². The molecule has 0 aliphatic carbocycles. The SMILES string of the molecule is Cl/C=C/Cl.FC(C(F)C(F)(F)C(F)(F)F)C(F)(F)F. The fourth-order valence-corrected chi connectivity index (χ4v) is 0.506. The van der Waals surface area contributed by atoms with Gasteiger partial charge in [-0.2, -0.15) is 35.1 Å². The minimum absolute atomic E-state index is 1.24. The predicted molar refractivity (Wildman–Crippen MR) is 47.7 cm³/mol. The summed E-state index contributed by atoms with van der Waals surface area (Å²) < 4.78 is 115. The van der Waals surface area contributed by atoms with E-state index >= 15 is 0 Å². The monoisotopic (exact) mass is 348 g/mol. The Morgan fingerprint density at radius 3 is 1.16 bits per heavy atom. The van der Waals surface area contributed by atoms with Gasteiger partial charge in [0.25, 0.3) is 0 Å². The van der Waals surface area contributed by atoms with Crippen LogP contribution in [0.25, 0.3) is 0 Å². The van der Waals surface area contributed by atoms with Crippen LogP contribution in [0.4, 0.5) is 43.9 Å². The highest BCUT2D eigenvalue weighted by molar-refractivity contribution is 6.33. The molecule has 0 amide bonds. The van der Waals surface area contributed by atoms with Gasteiger partial charge in [-0.15, -0.1) is 0 Å². The van der Waals surface area contributed by atoms with Crippen LogP contribution in [0.2, 0.25) is 0 Å². The molecule has 0 saturated heterocycles. The highest BCUT2D eigenvalue weighted by Gasteiger charge is 2.69. The van der Waals surface area contributed by atoms with Gasteiger partial charge in [-0.25, -0.2) is 8.78 Å². The van der Waals surface area contributed by atoms with E-state index in [0.29, 0.717) is 0 Å². The van der Waals surface area contributed by atoms with Gasteiger partial charge in [0.05, 0.1) is 0 Å². The van der Waals surface area contributed by atoms with Crippen LogP contribution >= 0.6 is 23.2 Å². The van der Waals surface area contributed by atoms with Gasteiger partial charge >= 0.3 is 18.3 Å². The normalized spacial score (nSPS) is 16.8. The molecule has 116 valence electrons. The summed E-state index contributed by atoms with van der Waals surface area (Å²) in [6.07, 6.45) is -22.6. The zero-order chi connectivity index (χ0) is 16.1. The molecule has 0 spiro atoms. The van der Waals surface area contributed by atoms with E-state index in [1.165, 1.54) is 11.1 Å². The smallest absolute Gasteiger partial charge is 0.237 e. The second-order valence-corrected chi connectivity index (χ2v) is 3.22. The molecule has 0 aromatic carbocycles. The molecule has 0 aliphatic rings. The van der Waals surface area contributed by atoms with Gasteiger partial charge in [-0.1, -0.05) is 23.2 Å². The third kappa shape index (κ3) is 6.55. The van der Waals surface area contributed by atoms with E-state index in [9.17, 15) is 43.9 Å². The molecule has 0 saturated carbocycles. The van der Waals surface area contributed by atoms with Crippen molar-refractivity contribution in [3.63, 3.8) is 0 Å². The van der Waals surface area contributed by atoms with Crippen molar-refractivity contribution in [1.82, 2.24) is 0 Å². The van der Waals surface area contributed by atoms with Gasteiger partial charge in [0.15, 0.2) is 0 Å². The van der Waals surface area contributed by atoms with Crippen molar-refractivity contribution in [2.75, 3.05) is 0 Å². The summed E-state index contributed by atoms with van der Waals surface area (Å²) in [6.45, 7) is 0. The summed E-state index contributed by atoms with van der Waals surface area (Å²) in [7, 11) is 0. The Hall–Kier alpha value is -0.380. The van der Waals surface area contributed by atoms with Crippen LogP contribution in [0.5, 0.6) is 0 Å². The predicted octanol–water partition coefficient (Wildman–Crippen LogP) is 5.36. The molecule has 0 rings (SSSR count). The Kier molecular flexibility index (Phi) is 8.17. The largest absolute Gasteiger partial charge is 0.456 e. The lowest BCUT2D eigenvalue weighted by Gasteiger charge is -2.26. The minimum Gasteiger partial charge on any atom is -0.237 e. The van der Waals surface area contributed by atoms with Crippen molar-refractivity contribution < 1.29 is 43.9 Å². The molecule has 19 heavy (non-hydrogen) atoms. The summed E-state index contributed by atoms with van der Waals surface area (Å²) in [5.41, 5.74) is 2.48. The third-order valence-electron chi connectivity index (χ3n) is 1.34. The Morgan fingerprint density at radius 1 is 0.684 bits per heavy atom. The molecule has 0 heterocycles. The van der Waals surface area contributed by atoms with Crippen LogP contribution in [-0.4, -0.2) is 30.6 Å². The molecular weight excluding hydrogens is 345 g/mol. The molecule has 2 atom stereocenters. The van der Waals surface area contributed by atoms with E-state index in [-0.39, 0.29) is 0 Å². The number of rotatable bonds is 2. The van der Waals surface area contributed by atoms with Crippen molar-refractivity contribution in [3.8, 4) is 0 Å². The average Bonchev–Trinajstić information content (AvgIpc) is 2.24. The van der Waals surface area contributed by atoms with Gasteiger partial charge in [0.2, 0.25) is 12.3 Å². The van der Waals surface area contributed by atoms with Crippen molar-refractivity contribution in [2.45, 2.75) is 30.6 Å². The first-order valence-corrected chi connectivity index (χ1v) is 4.75. The van der Waals surface area contributed by atoms with Gasteiger partial charge in [0.1, 0.15) is 0 Å². The number of hydrogen-bond donors (Lipinski definition) is 0. The average molecular weight is 349 g/mol. The van der Waals surface area contributed by atoms with E-state index in [4.69, 9.17) is 23.2 Å². The maximum atomic E-state index is 12.0. The van der Waals surface area contributed by atoms with Crippen LogP contribution in [-0.2, 0) is 0 Å². The molecule has 0 N–H and O–H groups in total. The molecule has 0 aromatic heterocycles. The van der Waals surface area contributed by atoms with E-state index < -0.39 is 30.6 Å². The van der Waals surface area contributed by atoms with Crippen molar-refractivity contribution >= 4 is 23.2 Å². The summed E-state index contributed by atoms with van der Waals surface area (Å²) in [5.74, 6) is -6.39. The minimum atomic E-state index is -6.58. The van der Waals surface area contributed by atoms with Crippen molar-refractivity contribution in [3.05, 3.63) is 11.1 Å². The lowest BCUT2D eigenvalue weighted by molar-refractivity contribution is -0.324. The molecule has 0 aliphatic heterocycles. The summed E-state index contributed by atoms with van der Waals surface area (Å²) in [4.78, 5) is 0. The van der Waals surface area contributed by atoms with E-state index in [2.05, 4.69) is 0 Å². The van der Waals surface area contributed by atoms with Crippen LogP contribution in [0.15, 0.2) is 11.1 Å². The molecule has 0 radical (unpaired) electrons. The van der Waals surface area contributed by atoms with Crippen LogP contribution in [0.1, 0.15) is 0 Å². The highest BCUT2D eigenvalue weighted by Crippen LogP contribution is 2.43. The zero-order valence-electron chi connectivity index (χ0n) is 8.34. The third-order valence-corrected chi connectivity index (χ3v) is 1.72. The zero-order valence-corrected chi connectivity index (χ0v) is 9.86. The summed E-state index contributed by atoms with van der Waals surface area (Å²) >= 11 is 9.75. The number of alkyl halides is 10.